The van der Waals surface area contributed by atoms with Crippen LogP contribution in [-0.2, 0) is 10.0 Å². The van der Waals surface area contributed by atoms with Crippen LogP contribution in [-0.4, -0.2) is 33.8 Å². The second-order valence-corrected chi connectivity index (χ2v) is 7.87. The van der Waals surface area contributed by atoms with Crippen molar-refractivity contribution in [3.8, 4) is 22.6 Å². The molecule has 0 radical (unpaired) electrons. The Hall–Kier alpha value is -3.56. The molecule has 3 N–H and O–H groups in total. The van der Waals surface area contributed by atoms with Crippen molar-refractivity contribution in [1.82, 2.24) is 5.48 Å². The molecule has 3 aromatic rings. The molecule has 0 atom stereocenters. The van der Waals surface area contributed by atoms with Crippen LogP contribution in [0.1, 0.15) is 10.4 Å². The second kappa shape index (κ2) is 8.85. The van der Waals surface area contributed by atoms with E-state index in [-0.39, 0.29) is 10.6 Å². The van der Waals surface area contributed by atoms with Crippen LogP contribution in [0, 0.1) is 0 Å². The first-order valence-electron chi connectivity index (χ1n) is 8.77. The highest BCUT2D eigenvalue weighted by atomic mass is 32.2. The van der Waals surface area contributed by atoms with Crippen LogP contribution in [0.2, 0.25) is 0 Å². The Labute approximate surface area is 174 Å². The molecule has 3 rings (SSSR count). The van der Waals surface area contributed by atoms with Gasteiger partial charge in [0.15, 0.2) is 0 Å². The lowest BCUT2D eigenvalue weighted by Gasteiger charge is -2.13. The number of amides is 1. The van der Waals surface area contributed by atoms with Crippen molar-refractivity contribution >= 4 is 21.6 Å². The molecular formula is C21H20N2O6S. The third-order valence-corrected chi connectivity index (χ3v) is 5.76. The molecule has 0 saturated carbocycles. The first-order valence-corrected chi connectivity index (χ1v) is 10.3. The number of carbonyl (C=O) groups is 1. The summed E-state index contributed by atoms with van der Waals surface area (Å²) in [6.07, 6.45) is 0. The predicted octanol–water partition coefficient (Wildman–Crippen LogP) is 3.29. The number of benzene rings is 3. The fourth-order valence-corrected chi connectivity index (χ4v) is 4.08. The molecule has 1 amide bonds. The topological polar surface area (TPSA) is 114 Å². The summed E-state index contributed by atoms with van der Waals surface area (Å²) in [5, 5.41) is 8.70. The minimum absolute atomic E-state index is 0.0471. The molecular weight excluding hydrogens is 408 g/mol. The van der Waals surface area contributed by atoms with Crippen LogP contribution in [0.25, 0.3) is 11.1 Å². The van der Waals surface area contributed by atoms with Crippen molar-refractivity contribution in [2.24, 2.45) is 0 Å². The normalized spacial score (nSPS) is 10.9. The van der Waals surface area contributed by atoms with Crippen LogP contribution < -0.4 is 19.7 Å². The van der Waals surface area contributed by atoms with Crippen LogP contribution in [0.3, 0.4) is 0 Å². The number of hydrogen-bond acceptors (Lipinski definition) is 6. The maximum Gasteiger partial charge on any atom is 0.274 e. The standard InChI is InChI=1S/C21H20N2O6S/c1-28-18-10-11-19(29-2)20(13-18)30(26,27)23-17-5-3-4-16(12-17)14-6-8-15(9-7-14)21(24)22-25/h3-13,23,25H,1-2H3,(H,22,24). The molecule has 0 fully saturated rings. The SMILES string of the molecule is COc1ccc(OC)c(S(=O)(=O)Nc2cccc(-c3ccc(C(=O)NO)cc3)c2)c1. The highest BCUT2D eigenvalue weighted by Crippen LogP contribution is 2.30. The van der Waals surface area contributed by atoms with Gasteiger partial charge in [-0.3, -0.25) is 14.7 Å². The van der Waals surface area contributed by atoms with Gasteiger partial charge in [-0.15, -0.1) is 0 Å². The van der Waals surface area contributed by atoms with Gasteiger partial charge in [0.25, 0.3) is 15.9 Å². The summed E-state index contributed by atoms with van der Waals surface area (Å²) in [4.78, 5) is 11.4. The van der Waals surface area contributed by atoms with E-state index in [1.165, 1.54) is 26.4 Å². The van der Waals surface area contributed by atoms with Gasteiger partial charge in [0, 0.05) is 17.3 Å². The molecule has 3 aromatic carbocycles. The van der Waals surface area contributed by atoms with E-state index >= 15 is 0 Å². The number of sulfonamides is 1. The van der Waals surface area contributed by atoms with E-state index in [1.54, 1.807) is 54.0 Å². The lowest BCUT2D eigenvalue weighted by atomic mass is 10.0. The highest BCUT2D eigenvalue weighted by molar-refractivity contribution is 7.92. The van der Waals surface area contributed by atoms with E-state index in [4.69, 9.17) is 14.7 Å². The molecule has 9 heteroatoms. The van der Waals surface area contributed by atoms with Crippen LogP contribution in [0.4, 0.5) is 5.69 Å². The number of methoxy groups -OCH3 is 2. The molecule has 0 aliphatic carbocycles. The first kappa shape index (κ1) is 21.2. The summed E-state index contributed by atoms with van der Waals surface area (Å²) in [6.45, 7) is 0. The summed E-state index contributed by atoms with van der Waals surface area (Å²) >= 11 is 0. The van der Waals surface area contributed by atoms with Gasteiger partial charge in [-0.2, -0.15) is 0 Å². The van der Waals surface area contributed by atoms with Gasteiger partial charge in [0.2, 0.25) is 0 Å². The third-order valence-electron chi connectivity index (χ3n) is 4.36. The Kier molecular flexibility index (Phi) is 6.24. The molecule has 0 aliphatic heterocycles. The number of ether oxygens (including phenoxy) is 2. The minimum atomic E-state index is -3.94. The maximum atomic E-state index is 12.9. The van der Waals surface area contributed by atoms with E-state index in [9.17, 15) is 13.2 Å². The molecule has 0 aromatic heterocycles. The Morgan fingerprint density at radius 2 is 1.63 bits per heavy atom. The van der Waals surface area contributed by atoms with Gasteiger partial charge < -0.3 is 9.47 Å². The Morgan fingerprint density at radius 3 is 2.27 bits per heavy atom. The van der Waals surface area contributed by atoms with Gasteiger partial charge in [0.05, 0.1) is 14.2 Å². The quantitative estimate of drug-likeness (QED) is 0.393. The molecule has 8 nitrogen and oxygen atoms in total. The predicted molar refractivity (Wildman–Crippen MR) is 111 cm³/mol. The average molecular weight is 428 g/mol. The number of hydroxylamine groups is 1. The summed E-state index contributed by atoms with van der Waals surface area (Å²) < 4.78 is 38.7. The molecule has 0 aliphatic rings. The zero-order chi connectivity index (χ0) is 21.7. The average Bonchev–Trinajstić information content (AvgIpc) is 2.78. The van der Waals surface area contributed by atoms with Crippen molar-refractivity contribution in [3.63, 3.8) is 0 Å². The zero-order valence-electron chi connectivity index (χ0n) is 16.2. The van der Waals surface area contributed by atoms with Gasteiger partial charge >= 0.3 is 0 Å². The van der Waals surface area contributed by atoms with Crippen LogP contribution in [0.15, 0.2) is 71.6 Å². The number of hydrogen-bond donors (Lipinski definition) is 3. The molecule has 30 heavy (non-hydrogen) atoms. The van der Waals surface area contributed by atoms with E-state index in [0.29, 0.717) is 17.0 Å². The molecule has 156 valence electrons. The molecule has 0 saturated heterocycles. The largest absolute Gasteiger partial charge is 0.497 e. The van der Waals surface area contributed by atoms with Crippen molar-refractivity contribution in [3.05, 3.63) is 72.3 Å². The lowest BCUT2D eigenvalue weighted by Crippen LogP contribution is -2.18. The van der Waals surface area contributed by atoms with E-state index in [0.717, 1.165) is 11.1 Å². The van der Waals surface area contributed by atoms with Gasteiger partial charge in [-0.05, 0) is 47.5 Å². The monoisotopic (exact) mass is 428 g/mol. The lowest BCUT2D eigenvalue weighted by molar-refractivity contribution is 0.0706. The number of rotatable bonds is 7. The van der Waals surface area contributed by atoms with Crippen molar-refractivity contribution in [2.75, 3.05) is 18.9 Å². The Balaban J connectivity index is 1.91. The van der Waals surface area contributed by atoms with Crippen LogP contribution in [0.5, 0.6) is 11.5 Å². The Bertz CT molecular complexity index is 1160. The molecule has 0 spiro atoms. The maximum absolute atomic E-state index is 12.9. The first-order chi connectivity index (χ1) is 14.4. The molecule has 0 heterocycles. The fourth-order valence-electron chi connectivity index (χ4n) is 2.84. The van der Waals surface area contributed by atoms with Gasteiger partial charge in [-0.25, -0.2) is 13.9 Å². The van der Waals surface area contributed by atoms with Crippen molar-refractivity contribution < 1.29 is 27.9 Å². The van der Waals surface area contributed by atoms with Crippen molar-refractivity contribution in [1.29, 1.82) is 0 Å². The second-order valence-electron chi connectivity index (χ2n) is 6.22. The number of anilines is 1. The smallest absolute Gasteiger partial charge is 0.274 e. The summed E-state index contributed by atoms with van der Waals surface area (Å²) in [6, 6.07) is 17.8. The van der Waals surface area contributed by atoms with Gasteiger partial charge in [0.1, 0.15) is 16.4 Å². The van der Waals surface area contributed by atoms with E-state index in [2.05, 4.69) is 4.72 Å². The Morgan fingerprint density at radius 1 is 0.900 bits per heavy atom. The minimum Gasteiger partial charge on any atom is -0.497 e. The number of carbonyl (C=O) groups excluding carboxylic acids is 1. The third kappa shape index (κ3) is 4.53. The summed E-state index contributed by atoms with van der Waals surface area (Å²) in [5.74, 6) is -0.0376. The van der Waals surface area contributed by atoms with Crippen molar-refractivity contribution in [2.45, 2.75) is 4.90 Å². The van der Waals surface area contributed by atoms with Gasteiger partial charge in [-0.1, -0.05) is 24.3 Å². The van der Waals surface area contributed by atoms with E-state index in [1.807, 2.05) is 6.07 Å². The zero-order valence-corrected chi connectivity index (χ0v) is 17.1. The summed E-state index contributed by atoms with van der Waals surface area (Å²) in [7, 11) is -1.10. The number of nitrogens with one attached hydrogen (secondary N) is 2. The molecule has 0 bridgehead atoms. The van der Waals surface area contributed by atoms with E-state index < -0.39 is 15.9 Å². The fraction of sp³-hybridized carbons (Fsp3) is 0.0952. The molecule has 0 unspecified atom stereocenters. The summed E-state index contributed by atoms with van der Waals surface area (Å²) in [5.41, 5.74) is 3.73. The van der Waals surface area contributed by atoms with Crippen LogP contribution >= 0.6 is 0 Å². The highest BCUT2D eigenvalue weighted by Gasteiger charge is 2.21.